The van der Waals surface area contributed by atoms with Crippen molar-refractivity contribution < 1.29 is 14.3 Å². The Kier molecular flexibility index (Phi) is 5.64. The van der Waals surface area contributed by atoms with Crippen molar-refractivity contribution in [1.29, 1.82) is 0 Å². The molecule has 2 fully saturated rings. The van der Waals surface area contributed by atoms with Gasteiger partial charge in [-0.3, -0.25) is 9.69 Å². The molecular weight excluding hydrogens is 390 g/mol. The van der Waals surface area contributed by atoms with Gasteiger partial charge in [0.15, 0.2) is 0 Å². The van der Waals surface area contributed by atoms with Crippen LogP contribution in [0.1, 0.15) is 60.8 Å². The zero-order chi connectivity index (χ0) is 21.2. The Labute approximate surface area is 182 Å². The van der Waals surface area contributed by atoms with Gasteiger partial charge in [0, 0.05) is 24.5 Å². The number of carbonyl (C=O) groups excluding carboxylic acids is 1. The summed E-state index contributed by atoms with van der Waals surface area (Å²) in [6.45, 7) is 1.78. The molecule has 0 bridgehead atoms. The molecule has 2 aromatic carbocycles. The fraction of sp³-hybridized carbons (Fsp3) is 0.440. The molecule has 2 N–H and O–H groups in total. The second-order valence-corrected chi connectivity index (χ2v) is 8.93. The molecule has 31 heavy (non-hydrogen) atoms. The molecule has 1 aliphatic heterocycles. The predicted molar refractivity (Wildman–Crippen MR) is 119 cm³/mol. The monoisotopic (exact) mass is 419 g/mol. The number of phenolic OH excluding ortho intramolecular Hbond substituents is 1. The highest BCUT2D eigenvalue weighted by Gasteiger charge is 2.37. The van der Waals surface area contributed by atoms with Gasteiger partial charge in [0.05, 0.1) is 17.8 Å². The summed E-state index contributed by atoms with van der Waals surface area (Å²) >= 11 is 0. The molecule has 1 saturated heterocycles. The third kappa shape index (κ3) is 4.17. The van der Waals surface area contributed by atoms with Gasteiger partial charge in [-0.25, -0.2) is 4.98 Å². The fourth-order valence-corrected chi connectivity index (χ4v) is 5.27. The molecule has 2 atom stereocenters. The molecular formula is C25H29N3O3. The molecule has 1 saturated carbocycles. The van der Waals surface area contributed by atoms with E-state index in [1.807, 2.05) is 30.3 Å². The van der Waals surface area contributed by atoms with Crippen LogP contribution in [0.25, 0.3) is 10.8 Å². The minimum Gasteiger partial charge on any atom is -0.506 e. The van der Waals surface area contributed by atoms with Crippen molar-refractivity contribution in [3.05, 3.63) is 60.3 Å². The maximum Gasteiger partial charge on any atom is 0.255 e. The molecule has 6 nitrogen and oxygen atoms in total. The summed E-state index contributed by atoms with van der Waals surface area (Å²) < 4.78 is 5.64. The standard InChI is InChI=1S/C25H29N3O3/c29-23-20-9-5-4-8-18(20)10-11-21(23)24(30)27-19-14-22(25-26-12-13-31-25)28(16-19)15-17-6-2-1-3-7-17/h4-5,8-13,17,19,22,29H,1-3,6-7,14-16H2,(H,27,30). The van der Waals surface area contributed by atoms with E-state index in [9.17, 15) is 9.90 Å². The number of carbonyl (C=O) groups is 1. The van der Waals surface area contributed by atoms with Crippen LogP contribution in [0.5, 0.6) is 5.75 Å². The van der Waals surface area contributed by atoms with E-state index in [4.69, 9.17) is 4.42 Å². The summed E-state index contributed by atoms with van der Waals surface area (Å²) in [6.07, 6.45) is 10.6. The van der Waals surface area contributed by atoms with Crippen LogP contribution in [-0.2, 0) is 0 Å². The molecule has 0 spiro atoms. The number of oxazole rings is 1. The van der Waals surface area contributed by atoms with E-state index >= 15 is 0 Å². The largest absolute Gasteiger partial charge is 0.506 e. The highest BCUT2D eigenvalue weighted by Crippen LogP contribution is 2.35. The lowest BCUT2D eigenvalue weighted by molar-refractivity contribution is 0.0934. The Balaban J connectivity index is 1.32. The van der Waals surface area contributed by atoms with Crippen LogP contribution in [0, 0.1) is 5.92 Å². The second kappa shape index (κ2) is 8.71. The lowest BCUT2D eigenvalue weighted by Crippen LogP contribution is -2.38. The Morgan fingerprint density at radius 1 is 1.16 bits per heavy atom. The highest BCUT2D eigenvalue weighted by molar-refractivity contribution is 6.03. The molecule has 1 aromatic heterocycles. The highest BCUT2D eigenvalue weighted by atomic mass is 16.3. The van der Waals surface area contributed by atoms with Crippen molar-refractivity contribution in [1.82, 2.24) is 15.2 Å². The number of amides is 1. The lowest BCUT2D eigenvalue weighted by Gasteiger charge is -2.29. The number of aromatic hydroxyl groups is 1. The van der Waals surface area contributed by atoms with Gasteiger partial charge in [0.25, 0.3) is 5.91 Å². The van der Waals surface area contributed by atoms with Crippen LogP contribution in [0.15, 0.2) is 53.3 Å². The number of likely N-dealkylation sites (tertiary alicyclic amines) is 1. The average Bonchev–Trinajstić information content (AvgIpc) is 3.45. The van der Waals surface area contributed by atoms with Gasteiger partial charge in [-0.05, 0) is 36.6 Å². The van der Waals surface area contributed by atoms with Crippen LogP contribution < -0.4 is 5.32 Å². The molecule has 0 radical (unpaired) electrons. The summed E-state index contributed by atoms with van der Waals surface area (Å²) in [5.41, 5.74) is 0.317. The zero-order valence-electron chi connectivity index (χ0n) is 17.7. The van der Waals surface area contributed by atoms with Gasteiger partial charge < -0.3 is 14.8 Å². The number of aromatic nitrogens is 1. The molecule has 5 rings (SSSR count). The van der Waals surface area contributed by atoms with Crippen LogP contribution >= 0.6 is 0 Å². The first-order valence-electron chi connectivity index (χ1n) is 11.3. The Morgan fingerprint density at radius 3 is 2.81 bits per heavy atom. The Morgan fingerprint density at radius 2 is 2.00 bits per heavy atom. The van der Waals surface area contributed by atoms with Gasteiger partial charge in [0.2, 0.25) is 5.89 Å². The fourth-order valence-electron chi connectivity index (χ4n) is 5.27. The van der Waals surface area contributed by atoms with Crippen LogP contribution in [0.3, 0.4) is 0 Å². The van der Waals surface area contributed by atoms with Gasteiger partial charge >= 0.3 is 0 Å². The summed E-state index contributed by atoms with van der Waals surface area (Å²) in [7, 11) is 0. The smallest absolute Gasteiger partial charge is 0.255 e. The number of hydrogen-bond donors (Lipinski definition) is 2. The van der Waals surface area contributed by atoms with Crippen LogP contribution in [-0.4, -0.2) is 40.0 Å². The molecule has 162 valence electrons. The quantitative estimate of drug-likeness (QED) is 0.629. The van der Waals surface area contributed by atoms with Crippen molar-refractivity contribution >= 4 is 16.7 Å². The van der Waals surface area contributed by atoms with E-state index in [-0.39, 0.29) is 23.7 Å². The van der Waals surface area contributed by atoms with Crippen molar-refractivity contribution in [2.45, 2.75) is 50.6 Å². The third-order valence-electron chi connectivity index (χ3n) is 6.84. The van der Waals surface area contributed by atoms with Gasteiger partial charge in [-0.2, -0.15) is 0 Å². The number of nitrogens with one attached hydrogen (secondary N) is 1. The van der Waals surface area contributed by atoms with Gasteiger partial charge in [-0.1, -0.05) is 49.6 Å². The van der Waals surface area contributed by atoms with E-state index in [1.54, 1.807) is 18.5 Å². The van der Waals surface area contributed by atoms with E-state index in [0.29, 0.717) is 16.9 Å². The topological polar surface area (TPSA) is 78.6 Å². The number of nitrogens with zero attached hydrogens (tertiary/aromatic N) is 2. The van der Waals surface area contributed by atoms with Crippen molar-refractivity contribution in [2.24, 2.45) is 5.92 Å². The Bertz CT molecular complexity index is 1040. The predicted octanol–water partition coefficient (Wildman–Crippen LogP) is 4.66. The van der Waals surface area contributed by atoms with Crippen molar-refractivity contribution in [2.75, 3.05) is 13.1 Å². The first-order valence-corrected chi connectivity index (χ1v) is 11.3. The molecule has 2 unspecified atom stereocenters. The van der Waals surface area contributed by atoms with Gasteiger partial charge in [-0.15, -0.1) is 0 Å². The number of benzene rings is 2. The van der Waals surface area contributed by atoms with Gasteiger partial charge in [0.1, 0.15) is 12.0 Å². The van der Waals surface area contributed by atoms with E-state index in [2.05, 4.69) is 15.2 Å². The third-order valence-corrected chi connectivity index (χ3v) is 6.84. The normalized spacial score (nSPS) is 22.7. The summed E-state index contributed by atoms with van der Waals surface area (Å²) in [4.78, 5) is 19.9. The Hall–Kier alpha value is -2.86. The molecule has 2 heterocycles. The first-order chi connectivity index (χ1) is 15.2. The first kappa shape index (κ1) is 20.1. The number of phenols is 1. The molecule has 1 amide bonds. The maximum atomic E-state index is 13.0. The van der Waals surface area contributed by atoms with E-state index < -0.39 is 0 Å². The number of rotatable bonds is 5. The number of hydrogen-bond acceptors (Lipinski definition) is 5. The second-order valence-electron chi connectivity index (χ2n) is 8.93. The summed E-state index contributed by atoms with van der Waals surface area (Å²) in [5.74, 6) is 1.22. The van der Waals surface area contributed by atoms with Crippen molar-refractivity contribution in [3.63, 3.8) is 0 Å². The maximum absolute atomic E-state index is 13.0. The van der Waals surface area contributed by atoms with Crippen LogP contribution in [0.2, 0.25) is 0 Å². The SMILES string of the molecule is O=C(NC1CC(c2ncco2)N(CC2CCCCC2)C1)c1ccc2ccccc2c1O. The van der Waals surface area contributed by atoms with E-state index in [1.165, 1.54) is 32.1 Å². The average molecular weight is 420 g/mol. The minimum atomic E-state index is -0.237. The molecule has 3 aromatic rings. The molecule has 6 heteroatoms. The zero-order valence-corrected chi connectivity index (χ0v) is 17.7. The summed E-state index contributed by atoms with van der Waals surface area (Å²) in [5, 5.41) is 15.4. The molecule has 2 aliphatic rings. The lowest BCUT2D eigenvalue weighted by atomic mass is 9.89. The van der Waals surface area contributed by atoms with Crippen LogP contribution in [0.4, 0.5) is 0 Å². The van der Waals surface area contributed by atoms with Crippen molar-refractivity contribution in [3.8, 4) is 5.75 Å². The summed E-state index contributed by atoms with van der Waals surface area (Å²) in [6, 6.07) is 11.2. The molecule has 1 aliphatic carbocycles. The minimum absolute atomic E-state index is 0.0149. The number of fused-ring (bicyclic) bond motifs is 1. The van der Waals surface area contributed by atoms with E-state index in [0.717, 1.165) is 30.8 Å².